The molecule has 2 N–H and O–H groups in total. The minimum absolute atomic E-state index is 0.343. The van der Waals surface area contributed by atoms with Crippen LogP contribution in [-0.4, -0.2) is 48.9 Å². The van der Waals surface area contributed by atoms with Crippen LogP contribution in [0.3, 0.4) is 0 Å². The fraction of sp³-hybridized carbons (Fsp3) is 0.750. The number of hydrogen-bond donors (Lipinski definition) is 1. The summed E-state index contributed by atoms with van der Waals surface area (Å²) in [7, 11) is 0. The van der Waals surface area contributed by atoms with Gasteiger partial charge in [0.25, 0.3) is 0 Å². The van der Waals surface area contributed by atoms with Gasteiger partial charge in [-0.3, -0.25) is 4.90 Å². The minimum Gasteiger partial charge on any atom is -0.379 e. The van der Waals surface area contributed by atoms with Crippen molar-refractivity contribution in [2.45, 2.75) is 26.0 Å². The molecule has 1 aliphatic heterocycles. The first-order valence-corrected chi connectivity index (χ1v) is 7.21. The molecule has 1 atom stereocenters. The number of nitrogens with zero attached hydrogens (tertiary/aromatic N) is 2. The van der Waals surface area contributed by atoms with Crippen molar-refractivity contribution in [3.8, 4) is 0 Å². The van der Waals surface area contributed by atoms with Crippen LogP contribution in [0.2, 0.25) is 0 Å². The fourth-order valence-corrected chi connectivity index (χ4v) is 2.84. The van der Waals surface area contributed by atoms with Gasteiger partial charge in [0.05, 0.1) is 19.3 Å². The zero-order valence-electron chi connectivity index (χ0n) is 10.8. The topological polar surface area (TPSA) is 60.6 Å². The van der Waals surface area contributed by atoms with Crippen molar-refractivity contribution in [1.29, 1.82) is 0 Å². The zero-order valence-corrected chi connectivity index (χ0v) is 11.6. The van der Waals surface area contributed by atoms with E-state index in [4.69, 9.17) is 15.2 Å². The molecule has 2 rings (SSSR count). The van der Waals surface area contributed by atoms with Gasteiger partial charge in [0, 0.05) is 37.3 Å². The van der Waals surface area contributed by atoms with Gasteiger partial charge in [0.1, 0.15) is 0 Å². The molecule has 1 aliphatic rings. The van der Waals surface area contributed by atoms with Gasteiger partial charge in [-0.05, 0) is 13.3 Å². The van der Waals surface area contributed by atoms with Gasteiger partial charge in [-0.2, -0.15) is 0 Å². The Bertz CT molecular complexity index is 359. The van der Waals surface area contributed by atoms with E-state index in [1.807, 2.05) is 13.1 Å². The maximum Gasteiger partial charge on any atom is 0.180 e. The van der Waals surface area contributed by atoms with E-state index in [1.54, 1.807) is 11.3 Å². The van der Waals surface area contributed by atoms with E-state index in [0.29, 0.717) is 24.4 Å². The lowest BCUT2D eigenvalue weighted by Gasteiger charge is -2.15. The molecule has 6 heteroatoms. The van der Waals surface area contributed by atoms with Gasteiger partial charge < -0.3 is 15.2 Å². The summed E-state index contributed by atoms with van der Waals surface area (Å²) in [4.78, 5) is 7.68. The highest BCUT2D eigenvalue weighted by Gasteiger charge is 2.23. The van der Waals surface area contributed by atoms with Crippen molar-refractivity contribution in [3.05, 3.63) is 11.1 Å². The van der Waals surface area contributed by atoms with Crippen LogP contribution in [0.25, 0.3) is 0 Å². The Balaban J connectivity index is 1.65. The van der Waals surface area contributed by atoms with Crippen molar-refractivity contribution in [1.82, 2.24) is 9.88 Å². The van der Waals surface area contributed by atoms with E-state index in [9.17, 15) is 0 Å². The number of thiazole rings is 1. The normalized spacial score (nSPS) is 20.6. The second kappa shape index (κ2) is 7.04. The number of anilines is 1. The quantitative estimate of drug-likeness (QED) is 0.759. The van der Waals surface area contributed by atoms with Crippen LogP contribution in [0.15, 0.2) is 6.20 Å². The molecule has 1 aromatic rings. The lowest BCUT2D eigenvalue weighted by Crippen LogP contribution is -2.23. The Kier molecular flexibility index (Phi) is 5.37. The van der Waals surface area contributed by atoms with Crippen LogP contribution < -0.4 is 5.73 Å². The second-order valence-corrected chi connectivity index (χ2v) is 5.53. The first kappa shape index (κ1) is 13.7. The third-order valence-electron chi connectivity index (χ3n) is 2.97. The molecule has 2 heterocycles. The van der Waals surface area contributed by atoms with E-state index in [-0.39, 0.29) is 0 Å². The summed E-state index contributed by atoms with van der Waals surface area (Å²) >= 11 is 1.56. The number of nitrogen functional groups attached to an aromatic ring is 1. The van der Waals surface area contributed by atoms with Crippen LogP contribution in [0.4, 0.5) is 5.13 Å². The summed E-state index contributed by atoms with van der Waals surface area (Å²) in [5, 5.41) is 0.647. The fourth-order valence-electron chi connectivity index (χ4n) is 2.11. The lowest BCUT2D eigenvalue weighted by atomic mass is 10.3. The Labute approximate surface area is 112 Å². The summed E-state index contributed by atoms with van der Waals surface area (Å²) in [6, 6.07) is 0. The molecule has 0 unspecified atom stereocenters. The number of ether oxygens (including phenoxy) is 2. The first-order valence-electron chi connectivity index (χ1n) is 6.39. The first-order chi connectivity index (χ1) is 8.78. The standard InChI is InChI=1S/C12H21N3O2S/c1-2-16-5-6-17-10-3-4-15(8-10)9-11-7-14-12(13)18-11/h7,10H,2-6,8-9H2,1H3,(H2,13,14)/t10-/m0/s1. The summed E-state index contributed by atoms with van der Waals surface area (Å²) in [5.41, 5.74) is 5.62. The van der Waals surface area contributed by atoms with Crippen molar-refractivity contribution in [2.24, 2.45) is 0 Å². The molecule has 18 heavy (non-hydrogen) atoms. The predicted octanol–water partition coefficient (Wildman–Crippen LogP) is 1.35. The average molecular weight is 271 g/mol. The molecule has 0 aromatic carbocycles. The second-order valence-electron chi connectivity index (χ2n) is 4.38. The van der Waals surface area contributed by atoms with Crippen LogP contribution in [-0.2, 0) is 16.0 Å². The largest absolute Gasteiger partial charge is 0.379 e. The maximum atomic E-state index is 5.77. The molecule has 5 nitrogen and oxygen atoms in total. The molecule has 0 bridgehead atoms. The molecule has 1 saturated heterocycles. The Morgan fingerprint density at radius 1 is 1.56 bits per heavy atom. The SMILES string of the molecule is CCOCCO[C@H]1CCN(Cc2cnc(N)s2)C1. The summed E-state index contributed by atoms with van der Waals surface area (Å²) in [6.45, 7) is 7.14. The Hall–Kier alpha value is -0.690. The highest BCUT2D eigenvalue weighted by molar-refractivity contribution is 7.15. The Morgan fingerprint density at radius 3 is 3.17 bits per heavy atom. The molecule has 0 radical (unpaired) electrons. The predicted molar refractivity (Wildman–Crippen MR) is 72.7 cm³/mol. The summed E-state index contributed by atoms with van der Waals surface area (Å²) in [6.07, 6.45) is 3.31. The van der Waals surface area contributed by atoms with Crippen LogP contribution >= 0.6 is 11.3 Å². The zero-order chi connectivity index (χ0) is 12.8. The van der Waals surface area contributed by atoms with E-state index in [0.717, 1.165) is 32.7 Å². The van der Waals surface area contributed by atoms with Crippen molar-refractivity contribution in [2.75, 3.05) is 38.6 Å². The molecule has 0 amide bonds. The van der Waals surface area contributed by atoms with Crippen molar-refractivity contribution < 1.29 is 9.47 Å². The van der Waals surface area contributed by atoms with Crippen molar-refractivity contribution >= 4 is 16.5 Å². The molecular formula is C12H21N3O2S. The molecule has 102 valence electrons. The van der Waals surface area contributed by atoms with Gasteiger partial charge in [-0.1, -0.05) is 0 Å². The third kappa shape index (κ3) is 4.20. The molecule has 0 spiro atoms. The molecule has 1 aromatic heterocycles. The molecular weight excluding hydrogens is 250 g/mol. The number of rotatable bonds is 7. The number of hydrogen-bond acceptors (Lipinski definition) is 6. The molecule has 0 saturated carbocycles. The van der Waals surface area contributed by atoms with Gasteiger partial charge in [-0.15, -0.1) is 11.3 Å². The van der Waals surface area contributed by atoms with E-state index < -0.39 is 0 Å². The van der Waals surface area contributed by atoms with Crippen LogP contribution in [0.1, 0.15) is 18.2 Å². The average Bonchev–Trinajstić information content (AvgIpc) is 2.95. The molecule has 1 fully saturated rings. The smallest absolute Gasteiger partial charge is 0.180 e. The van der Waals surface area contributed by atoms with Gasteiger partial charge in [-0.25, -0.2) is 4.98 Å². The number of likely N-dealkylation sites (tertiary alicyclic amines) is 1. The minimum atomic E-state index is 0.343. The van der Waals surface area contributed by atoms with E-state index in [1.165, 1.54) is 4.88 Å². The van der Waals surface area contributed by atoms with E-state index >= 15 is 0 Å². The third-order valence-corrected chi connectivity index (χ3v) is 3.78. The van der Waals surface area contributed by atoms with Crippen LogP contribution in [0, 0.1) is 0 Å². The number of aromatic nitrogens is 1. The highest BCUT2D eigenvalue weighted by Crippen LogP contribution is 2.20. The maximum absolute atomic E-state index is 5.77. The van der Waals surface area contributed by atoms with Crippen LogP contribution in [0.5, 0.6) is 0 Å². The van der Waals surface area contributed by atoms with Gasteiger partial charge in [0.15, 0.2) is 5.13 Å². The monoisotopic (exact) mass is 271 g/mol. The van der Waals surface area contributed by atoms with Gasteiger partial charge in [0.2, 0.25) is 0 Å². The number of nitrogens with two attached hydrogens (primary N) is 1. The van der Waals surface area contributed by atoms with Gasteiger partial charge >= 0.3 is 0 Å². The summed E-state index contributed by atoms with van der Waals surface area (Å²) < 4.78 is 11.0. The van der Waals surface area contributed by atoms with Crippen molar-refractivity contribution in [3.63, 3.8) is 0 Å². The van der Waals surface area contributed by atoms with E-state index in [2.05, 4.69) is 9.88 Å². The molecule has 0 aliphatic carbocycles. The summed E-state index contributed by atoms with van der Waals surface area (Å²) in [5.74, 6) is 0. The highest BCUT2D eigenvalue weighted by atomic mass is 32.1. The Morgan fingerprint density at radius 2 is 2.44 bits per heavy atom. The lowest BCUT2D eigenvalue weighted by molar-refractivity contribution is 0.0117.